The zero-order chi connectivity index (χ0) is 22.5. The minimum absolute atomic E-state index is 0.0921. The number of fused-ring (bicyclic) bond motifs is 1. The van der Waals surface area contributed by atoms with Crippen LogP contribution < -0.4 is 14.8 Å². The van der Waals surface area contributed by atoms with Crippen molar-refractivity contribution in [3.8, 4) is 29.0 Å². The summed E-state index contributed by atoms with van der Waals surface area (Å²) in [5, 5.41) is 21.5. The summed E-state index contributed by atoms with van der Waals surface area (Å²) in [7, 11) is 3.13. The smallest absolute Gasteiger partial charge is 0.277 e. The number of aryl methyl sites for hydroxylation is 1. The second-order valence-electron chi connectivity index (χ2n) is 7.16. The lowest BCUT2D eigenvalue weighted by atomic mass is 10.1. The SMILES string of the molecule is COc1ccc(-c2nnc(SCC(=O)Nc3sc4c(c3C#N)CCCCC4)o2)c(OC)c1. The Labute approximate surface area is 193 Å². The summed E-state index contributed by atoms with van der Waals surface area (Å²) >= 11 is 2.66. The summed E-state index contributed by atoms with van der Waals surface area (Å²) in [5.74, 6) is 1.36. The van der Waals surface area contributed by atoms with Crippen LogP contribution in [0.2, 0.25) is 0 Å². The van der Waals surface area contributed by atoms with Crippen LogP contribution in [0, 0.1) is 11.3 Å². The fourth-order valence-electron chi connectivity index (χ4n) is 3.59. The van der Waals surface area contributed by atoms with Crippen LogP contribution in [-0.4, -0.2) is 36.1 Å². The Morgan fingerprint density at radius 2 is 2.09 bits per heavy atom. The van der Waals surface area contributed by atoms with Gasteiger partial charge < -0.3 is 19.2 Å². The standard InChI is InChI=1S/C22H22N4O4S2/c1-28-13-8-9-15(17(10-13)29-2)20-25-26-22(30-20)31-12-19(27)24-21-16(11-23)14-6-4-3-5-7-18(14)32-21/h8-10H,3-7,12H2,1-2H3,(H,24,27). The van der Waals surface area contributed by atoms with E-state index in [4.69, 9.17) is 13.9 Å². The molecule has 0 bridgehead atoms. The average Bonchev–Trinajstić information content (AvgIpc) is 3.34. The van der Waals surface area contributed by atoms with Crippen LogP contribution in [0.3, 0.4) is 0 Å². The van der Waals surface area contributed by atoms with Gasteiger partial charge in [-0.15, -0.1) is 21.5 Å². The van der Waals surface area contributed by atoms with Gasteiger partial charge in [-0.25, -0.2) is 0 Å². The van der Waals surface area contributed by atoms with Crippen molar-refractivity contribution in [2.45, 2.75) is 37.3 Å². The molecule has 0 unspecified atom stereocenters. The van der Waals surface area contributed by atoms with Crippen molar-refractivity contribution in [3.63, 3.8) is 0 Å². The molecule has 0 atom stereocenters. The third-order valence-electron chi connectivity index (χ3n) is 5.16. The first-order valence-electron chi connectivity index (χ1n) is 10.2. The molecule has 2 aromatic heterocycles. The van der Waals surface area contributed by atoms with E-state index in [0.717, 1.165) is 43.0 Å². The van der Waals surface area contributed by atoms with Gasteiger partial charge in [0, 0.05) is 10.9 Å². The van der Waals surface area contributed by atoms with Crippen LogP contribution in [0.15, 0.2) is 27.8 Å². The molecule has 166 valence electrons. The quantitative estimate of drug-likeness (QED) is 0.391. The fourth-order valence-corrected chi connectivity index (χ4v) is 5.41. The van der Waals surface area contributed by atoms with E-state index >= 15 is 0 Å². The molecule has 4 rings (SSSR count). The molecule has 1 aliphatic rings. The van der Waals surface area contributed by atoms with E-state index < -0.39 is 0 Å². The Balaban J connectivity index is 1.41. The summed E-state index contributed by atoms with van der Waals surface area (Å²) < 4.78 is 16.3. The van der Waals surface area contributed by atoms with Gasteiger partial charge in [0.15, 0.2) is 0 Å². The molecule has 0 aliphatic heterocycles. The number of carbonyl (C=O) groups is 1. The monoisotopic (exact) mass is 470 g/mol. The topological polar surface area (TPSA) is 110 Å². The number of nitrogens with one attached hydrogen (secondary N) is 1. The molecule has 1 aliphatic carbocycles. The first kappa shape index (κ1) is 22.2. The molecule has 0 fully saturated rings. The highest BCUT2D eigenvalue weighted by atomic mass is 32.2. The average molecular weight is 471 g/mol. The molecule has 0 saturated heterocycles. The molecule has 32 heavy (non-hydrogen) atoms. The lowest BCUT2D eigenvalue weighted by Gasteiger charge is -2.07. The number of aromatic nitrogens is 2. The molecule has 0 spiro atoms. The molecule has 1 N–H and O–H groups in total. The number of amides is 1. The van der Waals surface area contributed by atoms with Crippen molar-refractivity contribution < 1.29 is 18.7 Å². The van der Waals surface area contributed by atoms with Gasteiger partial charge in [0.1, 0.15) is 22.6 Å². The van der Waals surface area contributed by atoms with Gasteiger partial charge in [-0.1, -0.05) is 18.2 Å². The minimum Gasteiger partial charge on any atom is -0.497 e. The molecular formula is C22H22N4O4S2. The normalized spacial score (nSPS) is 13.0. The summed E-state index contributed by atoms with van der Waals surface area (Å²) in [5.41, 5.74) is 2.35. The Bertz CT molecular complexity index is 1170. The van der Waals surface area contributed by atoms with Crippen molar-refractivity contribution in [1.82, 2.24) is 10.2 Å². The first-order valence-corrected chi connectivity index (χ1v) is 12.0. The number of methoxy groups -OCH3 is 2. The van der Waals surface area contributed by atoms with Gasteiger partial charge in [-0.2, -0.15) is 5.26 Å². The van der Waals surface area contributed by atoms with Gasteiger partial charge in [0.05, 0.1) is 31.1 Å². The highest BCUT2D eigenvalue weighted by molar-refractivity contribution is 7.99. The molecule has 8 nitrogen and oxygen atoms in total. The van der Waals surface area contributed by atoms with Gasteiger partial charge in [-0.3, -0.25) is 4.79 Å². The highest BCUT2D eigenvalue weighted by Crippen LogP contribution is 2.37. The lowest BCUT2D eigenvalue weighted by Crippen LogP contribution is -2.14. The van der Waals surface area contributed by atoms with E-state index in [2.05, 4.69) is 21.6 Å². The first-order chi connectivity index (χ1) is 15.6. The number of thiophene rings is 1. The molecule has 0 radical (unpaired) electrons. The maximum absolute atomic E-state index is 12.5. The van der Waals surface area contributed by atoms with Gasteiger partial charge in [0.2, 0.25) is 5.91 Å². The maximum Gasteiger partial charge on any atom is 0.277 e. The molecule has 1 aromatic carbocycles. The van der Waals surface area contributed by atoms with Crippen LogP contribution in [0.5, 0.6) is 11.5 Å². The predicted octanol–water partition coefficient (Wildman–Crippen LogP) is 4.69. The van der Waals surface area contributed by atoms with Gasteiger partial charge >= 0.3 is 0 Å². The number of ether oxygens (including phenoxy) is 2. The summed E-state index contributed by atoms with van der Waals surface area (Å²) in [6, 6.07) is 7.56. The van der Waals surface area contributed by atoms with Gasteiger partial charge in [-0.05, 0) is 43.4 Å². The number of nitriles is 1. The van der Waals surface area contributed by atoms with Crippen molar-refractivity contribution in [3.05, 3.63) is 34.2 Å². The highest BCUT2D eigenvalue weighted by Gasteiger charge is 2.21. The Hall–Kier alpha value is -3.03. The minimum atomic E-state index is -0.218. The number of rotatable bonds is 7. The third kappa shape index (κ3) is 4.74. The summed E-state index contributed by atoms with van der Waals surface area (Å²) in [6.45, 7) is 0. The molecule has 3 aromatic rings. The Morgan fingerprint density at radius 3 is 2.88 bits per heavy atom. The Morgan fingerprint density at radius 1 is 1.25 bits per heavy atom. The number of thioether (sulfide) groups is 1. The third-order valence-corrected chi connectivity index (χ3v) is 7.18. The van der Waals surface area contributed by atoms with E-state index in [1.165, 1.54) is 22.6 Å². The van der Waals surface area contributed by atoms with Crippen LogP contribution in [0.4, 0.5) is 5.00 Å². The number of carbonyl (C=O) groups excluding carboxylic acids is 1. The Kier molecular flexibility index (Phi) is 6.97. The van der Waals surface area contributed by atoms with Crippen molar-refractivity contribution in [2.24, 2.45) is 0 Å². The number of hydrogen-bond donors (Lipinski definition) is 1. The summed E-state index contributed by atoms with van der Waals surface area (Å²) in [6.07, 6.45) is 5.26. The van der Waals surface area contributed by atoms with E-state index in [-0.39, 0.29) is 16.9 Å². The fraction of sp³-hybridized carbons (Fsp3) is 0.364. The van der Waals surface area contributed by atoms with Crippen LogP contribution in [0.25, 0.3) is 11.5 Å². The zero-order valence-electron chi connectivity index (χ0n) is 17.8. The molecule has 1 amide bonds. The number of benzene rings is 1. The van der Waals surface area contributed by atoms with Crippen molar-refractivity contribution in [1.29, 1.82) is 5.26 Å². The van der Waals surface area contributed by atoms with Crippen molar-refractivity contribution >= 4 is 34.0 Å². The molecule has 10 heteroatoms. The lowest BCUT2D eigenvalue weighted by molar-refractivity contribution is -0.113. The van der Waals surface area contributed by atoms with Crippen LogP contribution in [-0.2, 0) is 17.6 Å². The molecule has 2 heterocycles. The number of hydrogen-bond acceptors (Lipinski definition) is 9. The van der Waals surface area contributed by atoms with Crippen LogP contribution in [0.1, 0.15) is 35.3 Å². The summed E-state index contributed by atoms with van der Waals surface area (Å²) in [4.78, 5) is 13.7. The number of anilines is 1. The van der Waals surface area contributed by atoms with Crippen molar-refractivity contribution in [2.75, 3.05) is 25.3 Å². The maximum atomic E-state index is 12.5. The molecular weight excluding hydrogens is 448 g/mol. The second kappa shape index (κ2) is 10.1. The second-order valence-corrected chi connectivity index (χ2v) is 9.19. The van der Waals surface area contributed by atoms with E-state index in [1.54, 1.807) is 32.4 Å². The number of nitrogens with zero attached hydrogens (tertiary/aromatic N) is 3. The van der Waals surface area contributed by atoms with E-state index in [0.29, 0.717) is 33.5 Å². The van der Waals surface area contributed by atoms with E-state index in [1.807, 2.05) is 0 Å². The molecule has 0 saturated carbocycles. The largest absolute Gasteiger partial charge is 0.497 e. The van der Waals surface area contributed by atoms with Crippen LogP contribution >= 0.6 is 23.1 Å². The van der Waals surface area contributed by atoms with Gasteiger partial charge in [0.25, 0.3) is 11.1 Å². The zero-order valence-corrected chi connectivity index (χ0v) is 19.4. The van der Waals surface area contributed by atoms with E-state index in [9.17, 15) is 10.1 Å². The predicted molar refractivity (Wildman–Crippen MR) is 122 cm³/mol.